The normalized spacial score (nSPS) is 14.6. The van der Waals surface area contributed by atoms with Crippen LogP contribution in [0.2, 0.25) is 5.02 Å². The fourth-order valence-corrected chi connectivity index (χ4v) is 3.25. The van der Waals surface area contributed by atoms with Crippen molar-refractivity contribution < 1.29 is 14.3 Å². The van der Waals surface area contributed by atoms with Crippen LogP contribution < -0.4 is 4.74 Å². The summed E-state index contributed by atoms with van der Waals surface area (Å²) in [5.74, 6) is 0.564. The standard InChI is InChI=1S/C21H23ClN2O3/c1-16-5-2-3-6-19(16)21(26)24-12-4-11-23(13-14-24)20(25)15-27-18-9-7-17(22)8-10-18/h2-3,5-10H,4,11-15H2,1H3. The van der Waals surface area contributed by atoms with Crippen LogP contribution in [-0.4, -0.2) is 54.4 Å². The van der Waals surface area contributed by atoms with E-state index in [1.54, 1.807) is 29.2 Å². The van der Waals surface area contributed by atoms with Crippen molar-refractivity contribution in [1.82, 2.24) is 9.80 Å². The van der Waals surface area contributed by atoms with Crippen LogP contribution in [0.5, 0.6) is 5.75 Å². The highest BCUT2D eigenvalue weighted by molar-refractivity contribution is 6.30. The molecule has 1 heterocycles. The zero-order chi connectivity index (χ0) is 19.2. The highest BCUT2D eigenvalue weighted by Gasteiger charge is 2.23. The predicted molar refractivity (Wildman–Crippen MR) is 105 cm³/mol. The number of hydrogen-bond acceptors (Lipinski definition) is 3. The maximum atomic E-state index is 12.8. The number of carbonyl (C=O) groups is 2. The molecule has 0 radical (unpaired) electrons. The summed E-state index contributed by atoms with van der Waals surface area (Å²) in [6, 6.07) is 14.5. The Kier molecular flexibility index (Phi) is 6.35. The summed E-state index contributed by atoms with van der Waals surface area (Å²) in [6.07, 6.45) is 0.754. The number of halogens is 1. The van der Waals surface area contributed by atoms with E-state index in [2.05, 4.69) is 0 Å². The molecule has 2 aromatic carbocycles. The number of carbonyl (C=O) groups excluding carboxylic acids is 2. The van der Waals surface area contributed by atoms with Gasteiger partial charge in [0.05, 0.1) is 0 Å². The molecule has 2 amide bonds. The average molecular weight is 387 g/mol. The predicted octanol–water partition coefficient (Wildman–Crippen LogP) is 3.40. The second-order valence-electron chi connectivity index (χ2n) is 6.58. The Labute approximate surface area is 164 Å². The minimum atomic E-state index is -0.0739. The van der Waals surface area contributed by atoms with Crippen LogP contribution >= 0.6 is 11.6 Å². The summed E-state index contributed by atoms with van der Waals surface area (Å²) in [4.78, 5) is 28.8. The van der Waals surface area contributed by atoms with E-state index in [-0.39, 0.29) is 18.4 Å². The molecule has 27 heavy (non-hydrogen) atoms. The Morgan fingerprint density at radius 3 is 2.37 bits per heavy atom. The summed E-state index contributed by atoms with van der Waals surface area (Å²) in [5, 5.41) is 0.625. The van der Waals surface area contributed by atoms with Gasteiger partial charge in [-0.3, -0.25) is 9.59 Å². The minimum Gasteiger partial charge on any atom is -0.484 e. The molecule has 0 aromatic heterocycles. The van der Waals surface area contributed by atoms with Gasteiger partial charge in [0.15, 0.2) is 6.61 Å². The van der Waals surface area contributed by atoms with Crippen molar-refractivity contribution in [1.29, 1.82) is 0 Å². The van der Waals surface area contributed by atoms with E-state index < -0.39 is 0 Å². The first-order chi connectivity index (χ1) is 13.0. The summed E-state index contributed by atoms with van der Waals surface area (Å²) in [5.41, 5.74) is 1.69. The maximum absolute atomic E-state index is 12.8. The largest absolute Gasteiger partial charge is 0.484 e. The Morgan fingerprint density at radius 1 is 0.963 bits per heavy atom. The van der Waals surface area contributed by atoms with Gasteiger partial charge in [-0.15, -0.1) is 0 Å². The first kappa shape index (κ1) is 19.2. The molecule has 0 aliphatic carbocycles. The third-order valence-electron chi connectivity index (χ3n) is 4.69. The number of aryl methyl sites for hydroxylation is 1. The molecule has 1 fully saturated rings. The van der Waals surface area contributed by atoms with E-state index in [0.717, 1.165) is 17.5 Å². The first-order valence-corrected chi connectivity index (χ1v) is 9.43. The van der Waals surface area contributed by atoms with Crippen molar-refractivity contribution in [2.75, 3.05) is 32.8 Å². The van der Waals surface area contributed by atoms with Crippen LogP contribution in [0.4, 0.5) is 0 Å². The molecule has 6 heteroatoms. The lowest BCUT2D eigenvalue weighted by atomic mass is 10.1. The van der Waals surface area contributed by atoms with Crippen LogP contribution in [0, 0.1) is 6.92 Å². The third kappa shape index (κ3) is 5.01. The summed E-state index contributed by atoms with van der Waals surface area (Å²) >= 11 is 5.84. The molecule has 1 aliphatic heterocycles. The van der Waals surface area contributed by atoms with Crippen molar-refractivity contribution in [2.24, 2.45) is 0 Å². The van der Waals surface area contributed by atoms with E-state index in [1.807, 2.05) is 36.1 Å². The number of nitrogens with zero attached hydrogens (tertiary/aromatic N) is 2. The molecular weight excluding hydrogens is 364 g/mol. The molecule has 0 unspecified atom stereocenters. The van der Waals surface area contributed by atoms with Crippen LogP contribution in [0.1, 0.15) is 22.3 Å². The van der Waals surface area contributed by atoms with Crippen LogP contribution in [0.15, 0.2) is 48.5 Å². The van der Waals surface area contributed by atoms with Gasteiger partial charge in [0.1, 0.15) is 5.75 Å². The smallest absolute Gasteiger partial charge is 0.260 e. The average Bonchev–Trinajstić information content (AvgIpc) is 2.93. The topological polar surface area (TPSA) is 49.9 Å². The molecule has 0 spiro atoms. The lowest BCUT2D eigenvalue weighted by Crippen LogP contribution is -2.39. The number of benzene rings is 2. The summed E-state index contributed by atoms with van der Waals surface area (Å²) in [7, 11) is 0. The second kappa shape index (κ2) is 8.91. The van der Waals surface area contributed by atoms with Gasteiger partial charge in [0.25, 0.3) is 11.8 Å². The molecule has 0 saturated carbocycles. The van der Waals surface area contributed by atoms with Crippen LogP contribution in [0.25, 0.3) is 0 Å². The number of ether oxygens (including phenoxy) is 1. The minimum absolute atomic E-state index is 0.0205. The van der Waals surface area contributed by atoms with Crippen molar-refractivity contribution in [3.05, 3.63) is 64.7 Å². The fraction of sp³-hybridized carbons (Fsp3) is 0.333. The zero-order valence-corrected chi connectivity index (χ0v) is 16.1. The van der Waals surface area contributed by atoms with Gasteiger partial charge < -0.3 is 14.5 Å². The lowest BCUT2D eigenvalue weighted by molar-refractivity contribution is -0.133. The molecule has 1 saturated heterocycles. The molecule has 142 valence electrons. The number of hydrogen-bond donors (Lipinski definition) is 0. The molecule has 0 bridgehead atoms. The quantitative estimate of drug-likeness (QED) is 0.809. The van der Waals surface area contributed by atoms with E-state index in [0.29, 0.717) is 37.0 Å². The second-order valence-corrected chi connectivity index (χ2v) is 7.02. The van der Waals surface area contributed by atoms with Crippen LogP contribution in [-0.2, 0) is 4.79 Å². The fourth-order valence-electron chi connectivity index (χ4n) is 3.12. The third-order valence-corrected chi connectivity index (χ3v) is 4.94. The Bertz CT molecular complexity index is 807. The van der Waals surface area contributed by atoms with Gasteiger partial charge in [-0.05, 0) is 49.2 Å². The van der Waals surface area contributed by atoms with Crippen LogP contribution in [0.3, 0.4) is 0 Å². The summed E-state index contributed by atoms with van der Waals surface area (Å²) < 4.78 is 5.55. The van der Waals surface area contributed by atoms with Gasteiger partial charge in [0, 0.05) is 36.8 Å². The molecule has 1 aliphatic rings. The first-order valence-electron chi connectivity index (χ1n) is 9.05. The monoisotopic (exact) mass is 386 g/mol. The van der Waals surface area contributed by atoms with Crippen molar-refractivity contribution in [3.8, 4) is 5.75 Å². The van der Waals surface area contributed by atoms with E-state index in [9.17, 15) is 9.59 Å². The number of amides is 2. The summed E-state index contributed by atoms with van der Waals surface area (Å²) in [6.45, 7) is 4.23. The molecule has 2 aromatic rings. The van der Waals surface area contributed by atoms with Gasteiger partial charge in [-0.2, -0.15) is 0 Å². The van der Waals surface area contributed by atoms with E-state index >= 15 is 0 Å². The van der Waals surface area contributed by atoms with Crippen molar-refractivity contribution >= 4 is 23.4 Å². The Hall–Kier alpha value is -2.53. The SMILES string of the molecule is Cc1ccccc1C(=O)N1CCCN(C(=O)COc2ccc(Cl)cc2)CC1. The van der Waals surface area contributed by atoms with Gasteiger partial charge in [0.2, 0.25) is 0 Å². The number of rotatable bonds is 4. The molecule has 0 N–H and O–H groups in total. The van der Waals surface area contributed by atoms with E-state index in [4.69, 9.17) is 16.3 Å². The molecule has 0 atom stereocenters. The van der Waals surface area contributed by atoms with Gasteiger partial charge in [-0.25, -0.2) is 0 Å². The highest BCUT2D eigenvalue weighted by Crippen LogP contribution is 2.16. The van der Waals surface area contributed by atoms with Gasteiger partial charge >= 0.3 is 0 Å². The van der Waals surface area contributed by atoms with Gasteiger partial charge in [-0.1, -0.05) is 29.8 Å². The molecular formula is C21H23ClN2O3. The van der Waals surface area contributed by atoms with Crippen molar-refractivity contribution in [3.63, 3.8) is 0 Å². The molecule has 5 nitrogen and oxygen atoms in total. The van der Waals surface area contributed by atoms with Crippen molar-refractivity contribution in [2.45, 2.75) is 13.3 Å². The zero-order valence-electron chi connectivity index (χ0n) is 15.4. The highest BCUT2D eigenvalue weighted by atomic mass is 35.5. The Morgan fingerprint density at radius 2 is 1.63 bits per heavy atom. The molecule has 3 rings (SSSR count). The lowest BCUT2D eigenvalue weighted by Gasteiger charge is -2.23. The maximum Gasteiger partial charge on any atom is 0.260 e. The van der Waals surface area contributed by atoms with E-state index in [1.165, 1.54) is 0 Å². The Balaban J connectivity index is 1.54.